The minimum Gasteiger partial charge on any atom is -0.507 e. The Morgan fingerprint density at radius 3 is 2.44 bits per heavy atom. The zero-order valence-corrected chi connectivity index (χ0v) is 18.1. The van der Waals surface area contributed by atoms with Crippen molar-refractivity contribution in [3.8, 4) is 5.75 Å². The summed E-state index contributed by atoms with van der Waals surface area (Å²) in [5.41, 5.74) is 1.28. The number of rotatable bonds is 7. The van der Waals surface area contributed by atoms with Gasteiger partial charge in [-0.25, -0.2) is 0 Å². The van der Waals surface area contributed by atoms with Crippen molar-refractivity contribution in [1.29, 1.82) is 0 Å². The molecule has 2 aromatic rings. The third-order valence-corrected chi connectivity index (χ3v) is 5.76. The SMILES string of the molecule is CCOc1ccc(C2/C(=C(\O)c3ccncc3)C(=O)C(=O)N2CCN2CCOCC2)cc1. The number of hydrogen-bond acceptors (Lipinski definition) is 7. The molecular weight excluding hydrogens is 410 g/mol. The van der Waals surface area contributed by atoms with E-state index < -0.39 is 17.7 Å². The summed E-state index contributed by atoms with van der Waals surface area (Å²) in [6.07, 6.45) is 3.07. The van der Waals surface area contributed by atoms with Gasteiger partial charge in [0, 0.05) is 44.1 Å². The maximum atomic E-state index is 13.1. The van der Waals surface area contributed by atoms with Gasteiger partial charge in [-0.05, 0) is 36.8 Å². The van der Waals surface area contributed by atoms with Crippen LogP contribution in [0.2, 0.25) is 0 Å². The third-order valence-electron chi connectivity index (χ3n) is 5.76. The van der Waals surface area contributed by atoms with Gasteiger partial charge in [-0.3, -0.25) is 19.5 Å². The van der Waals surface area contributed by atoms with Gasteiger partial charge in [-0.15, -0.1) is 0 Å². The Labute approximate surface area is 187 Å². The molecule has 0 spiro atoms. The fourth-order valence-electron chi connectivity index (χ4n) is 4.11. The second-order valence-corrected chi connectivity index (χ2v) is 7.68. The van der Waals surface area contributed by atoms with Crippen LogP contribution < -0.4 is 4.74 Å². The van der Waals surface area contributed by atoms with Gasteiger partial charge in [0.2, 0.25) is 0 Å². The first-order valence-corrected chi connectivity index (χ1v) is 10.8. The summed E-state index contributed by atoms with van der Waals surface area (Å²) in [6.45, 7) is 6.33. The molecule has 1 N–H and O–H groups in total. The first-order chi connectivity index (χ1) is 15.6. The molecule has 32 heavy (non-hydrogen) atoms. The molecule has 2 saturated heterocycles. The van der Waals surface area contributed by atoms with Gasteiger partial charge in [0.25, 0.3) is 11.7 Å². The molecule has 0 bridgehead atoms. The third kappa shape index (κ3) is 4.51. The van der Waals surface area contributed by atoms with Crippen LogP contribution in [-0.2, 0) is 14.3 Å². The number of pyridine rings is 1. The van der Waals surface area contributed by atoms with Crippen molar-refractivity contribution in [2.75, 3.05) is 46.0 Å². The number of Topliss-reactive ketones (excluding diaryl/α,β-unsaturated/α-hetero) is 1. The molecule has 4 rings (SSSR count). The fraction of sp³-hybridized carbons (Fsp3) is 0.375. The molecule has 1 atom stereocenters. The van der Waals surface area contributed by atoms with Crippen LogP contribution in [0, 0.1) is 0 Å². The van der Waals surface area contributed by atoms with E-state index in [2.05, 4.69) is 9.88 Å². The van der Waals surface area contributed by atoms with Crippen molar-refractivity contribution in [3.05, 3.63) is 65.5 Å². The minimum absolute atomic E-state index is 0.0901. The standard InChI is InChI=1S/C24H27N3O5/c1-2-32-19-5-3-17(4-6-19)21-20(22(28)18-7-9-25-10-8-18)23(29)24(30)27(21)12-11-26-13-15-31-16-14-26/h3-10,21,28H,2,11-16H2,1H3/b22-20+. The van der Waals surface area contributed by atoms with E-state index >= 15 is 0 Å². The number of carbonyl (C=O) groups excluding carboxylic acids is 2. The molecule has 8 heteroatoms. The van der Waals surface area contributed by atoms with E-state index in [1.807, 2.05) is 31.2 Å². The zero-order chi connectivity index (χ0) is 22.5. The Hall–Kier alpha value is -3.23. The Morgan fingerprint density at radius 1 is 1.09 bits per heavy atom. The van der Waals surface area contributed by atoms with Crippen molar-refractivity contribution < 1.29 is 24.2 Å². The summed E-state index contributed by atoms with van der Waals surface area (Å²) >= 11 is 0. The van der Waals surface area contributed by atoms with Crippen LogP contribution in [0.25, 0.3) is 5.76 Å². The first kappa shape index (κ1) is 22.0. The van der Waals surface area contributed by atoms with Crippen LogP contribution in [0.15, 0.2) is 54.4 Å². The van der Waals surface area contributed by atoms with Gasteiger partial charge < -0.3 is 19.5 Å². The zero-order valence-electron chi connectivity index (χ0n) is 18.1. The van der Waals surface area contributed by atoms with Crippen molar-refractivity contribution in [1.82, 2.24) is 14.8 Å². The minimum atomic E-state index is -0.681. The molecular formula is C24H27N3O5. The highest BCUT2D eigenvalue weighted by molar-refractivity contribution is 6.46. The first-order valence-electron chi connectivity index (χ1n) is 10.8. The average Bonchev–Trinajstić information content (AvgIpc) is 3.09. The summed E-state index contributed by atoms with van der Waals surface area (Å²) < 4.78 is 10.9. The monoisotopic (exact) mass is 437 g/mol. The number of aliphatic hydroxyl groups is 1. The molecule has 1 aromatic carbocycles. The van der Waals surface area contributed by atoms with E-state index in [1.165, 1.54) is 12.4 Å². The largest absolute Gasteiger partial charge is 0.507 e. The number of amides is 1. The number of nitrogens with zero attached hydrogens (tertiary/aromatic N) is 3. The van der Waals surface area contributed by atoms with Gasteiger partial charge in [0.05, 0.1) is 31.4 Å². The molecule has 0 radical (unpaired) electrons. The van der Waals surface area contributed by atoms with Crippen LogP contribution in [0.1, 0.15) is 24.1 Å². The predicted octanol–water partition coefficient (Wildman–Crippen LogP) is 2.23. The topological polar surface area (TPSA) is 92.2 Å². The highest BCUT2D eigenvalue weighted by atomic mass is 16.5. The van der Waals surface area contributed by atoms with Crippen LogP contribution in [0.3, 0.4) is 0 Å². The van der Waals surface area contributed by atoms with E-state index in [9.17, 15) is 14.7 Å². The molecule has 2 aliphatic rings. The number of morpholine rings is 1. The van der Waals surface area contributed by atoms with E-state index in [0.717, 1.165) is 18.7 Å². The second-order valence-electron chi connectivity index (χ2n) is 7.68. The Bertz CT molecular complexity index is 984. The van der Waals surface area contributed by atoms with Gasteiger partial charge in [-0.1, -0.05) is 12.1 Å². The molecule has 1 amide bonds. The Kier molecular flexibility index (Phi) is 6.82. The van der Waals surface area contributed by atoms with Crippen LogP contribution in [-0.4, -0.2) is 77.6 Å². The van der Waals surface area contributed by atoms with Crippen LogP contribution >= 0.6 is 0 Å². The number of benzene rings is 1. The van der Waals surface area contributed by atoms with Crippen LogP contribution in [0.4, 0.5) is 0 Å². The molecule has 0 aliphatic carbocycles. The van der Waals surface area contributed by atoms with E-state index in [1.54, 1.807) is 17.0 Å². The van der Waals surface area contributed by atoms with Gasteiger partial charge in [0.15, 0.2) is 0 Å². The number of aromatic nitrogens is 1. The summed E-state index contributed by atoms with van der Waals surface area (Å²) in [4.78, 5) is 33.8. The fourth-order valence-corrected chi connectivity index (χ4v) is 4.11. The molecule has 1 unspecified atom stereocenters. The second kappa shape index (κ2) is 9.93. The molecule has 3 heterocycles. The highest BCUT2D eigenvalue weighted by Gasteiger charge is 2.46. The molecule has 1 aromatic heterocycles. The number of ether oxygens (including phenoxy) is 2. The van der Waals surface area contributed by atoms with Crippen molar-refractivity contribution in [3.63, 3.8) is 0 Å². The molecule has 0 saturated carbocycles. The number of aliphatic hydroxyl groups excluding tert-OH is 1. The Morgan fingerprint density at radius 2 is 1.78 bits per heavy atom. The van der Waals surface area contributed by atoms with Crippen LogP contribution in [0.5, 0.6) is 5.75 Å². The number of hydrogen-bond donors (Lipinski definition) is 1. The van der Waals surface area contributed by atoms with Crippen molar-refractivity contribution >= 4 is 17.4 Å². The quantitative estimate of drug-likeness (QED) is 0.403. The lowest BCUT2D eigenvalue weighted by molar-refractivity contribution is -0.140. The smallest absolute Gasteiger partial charge is 0.295 e. The van der Waals surface area contributed by atoms with E-state index in [-0.39, 0.29) is 11.3 Å². The number of likely N-dealkylation sites (tertiary alicyclic amines) is 1. The normalized spacial score (nSPS) is 21.2. The summed E-state index contributed by atoms with van der Waals surface area (Å²) in [5, 5.41) is 11.0. The number of ketones is 1. The molecule has 168 valence electrons. The maximum absolute atomic E-state index is 13.1. The lowest BCUT2D eigenvalue weighted by Crippen LogP contribution is -2.42. The molecule has 8 nitrogen and oxygen atoms in total. The van der Waals surface area contributed by atoms with Crippen molar-refractivity contribution in [2.24, 2.45) is 0 Å². The van der Waals surface area contributed by atoms with E-state index in [4.69, 9.17) is 9.47 Å². The van der Waals surface area contributed by atoms with Crippen molar-refractivity contribution in [2.45, 2.75) is 13.0 Å². The highest BCUT2D eigenvalue weighted by Crippen LogP contribution is 2.39. The lowest BCUT2D eigenvalue weighted by atomic mass is 9.95. The van der Waals surface area contributed by atoms with E-state index in [0.29, 0.717) is 44.2 Å². The maximum Gasteiger partial charge on any atom is 0.295 e. The average molecular weight is 437 g/mol. The predicted molar refractivity (Wildman–Crippen MR) is 118 cm³/mol. The van der Waals surface area contributed by atoms with Gasteiger partial charge in [-0.2, -0.15) is 0 Å². The Balaban J connectivity index is 1.70. The lowest BCUT2D eigenvalue weighted by Gasteiger charge is -2.31. The molecule has 2 fully saturated rings. The number of carbonyl (C=O) groups is 2. The summed E-state index contributed by atoms with van der Waals surface area (Å²) in [5.74, 6) is -0.776. The van der Waals surface area contributed by atoms with Gasteiger partial charge >= 0.3 is 0 Å². The summed E-state index contributed by atoms with van der Waals surface area (Å²) in [6, 6.07) is 9.85. The van der Waals surface area contributed by atoms with Gasteiger partial charge in [0.1, 0.15) is 11.5 Å². The summed E-state index contributed by atoms with van der Waals surface area (Å²) in [7, 11) is 0. The molecule has 2 aliphatic heterocycles.